The minimum atomic E-state index is -0.0661. The van der Waals surface area contributed by atoms with Gasteiger partial charge in [0.15, 0.2) is 0 Å². The number of carbonyl (C=O) groups is 1. The van der Waals surface area contributed by atoms with Gasteiger partial charge in [0.25, 0.3) is 5.91 Å². The molecule has 28 heavy (non-hydrogen) atoms. The summed E-state index contributed by atoms with van der Waals surface area (Å²) in [5.74, 6) is 1.34. The van der Waals surface area contributed by atoms with Crippen molar-refractivity contribution in [1.82, 2.24) is 15.2 Å². The highest BCUT2D eigenvalue weighted by Gasteiger charge is 2.12. The molecule has 0 spiro atoms. The van der Waals surface area contributed by atoms with Crippen LogP contribution in [0.5, 0.6) is 0 Å². The molecule has 146 valence electrons. The van der Waals surface area contributed by atoms with Crippen LogP contribution < -0.4 is 5.32 Å². The van der Waals surface area contributed by atoms with Crippen molar-refractivity contribution in [3.05, 3.63) is 77.2 Å². The van der Waals surface area contributed by atoms with Crippen LogP contribution in [0.25, 0.3) is 11.5 Å². The Bertz CT molecular complexity index is 899. The van der Waals surface area contributed by atoms with Crippen molar-refractivity contribution in [2.75, 3.05) is 27.2 Å². The molecule has 0 saturated heterocycles. The highest BCUT2D eigenvalue weighted by molar-refractivity contribution is 5.94. The van der Waals surface area contributed by atoms with E-state index >= 15 is 0 Å². The van der Waals surface area contributed by atoms with Crippen LogP contribution in [0.1, 0.15) is 27.4 Å². The highest BCUT2D eigenvalue weighted by Crippen LogP contribution is 2.21. The van der Waals surface area contributed by atoms with Crippen LogP contribution in [0.3, 0.4) is 0 Å². The summed E-state index contributed by atoms with van der Waals surface area (Å²) in [6, 6.07) is 17.6. The van der Waals surface area contributed by atoms with Gasteiger partial charge in [-0.05, 0) is 57.3 Å². The molecule has 0 radical (unpaired) electrons. The van der Waals surface area contributed by atoms with Crippen molar-refractivity contribution < 1.29 is 9.21 Å². The molecule has 1 heterocycles. The van der Waals surface area contributed by atoms with Crippen LogP contribution >= 0.6 is 0 Å². The lowest BCUT2D eigenvalue weighted by Gasteiger charge is -2.09. The Labute approximate surface area is 166 Å². The predicted octanol–water partition coefficient (Wildman–Crippen LogP) is 3.73. The predicted molar refractivity (Wildman–Crippen MR) is 111 cm³/mol. The summed E-state index contributed by atoms with van der Waals surface area (Å²) in [4.78, 5) is 19.1. The minimum absolute atomic E-state index is 0.0661. The lowest BCUT2D eigenvalue weighted by Crippen LogP contribution is -2.26. The molecule has 1 N–H and O–H groups in total. The van der Waals surface area contributed by atoms with Gasteiger partial charge in [-0.15, -0.1) is 0 Å². The number of benzene rings is 2. The van der Waals surface area contributed by atoms with E-state index in [1.807, 2.05) is 61.5 Å². The Morgan fingerprint density at radius 3 is 2.43 bits per heavy atom. The quantitative estimate of drug-likeness (QED) is 0.650. The van der Waals surface area contributed by atoms with Gasteiger partial charge in [-0.2, -0.15) is 0 Å². The molecule has 0 unspecified atom stereocenters. The Morgan fingerprint density at radius 2 is 1.75 bits per heavy atom. The van der Waals surface area contributed by atoms with E-state index in [1.54, 1.807) is 0 Å². The molecule has 2 aromatic carbocycles. The van der Waals surface area contributed by atoms with Gasteiger partial charge in [0.2, 0.25) is 5.89 Å². The topological polar surface area (TPSA) is 58.4 Å². The molecular weight excluding hydrogens is 350 g/mol. The van der Waals surface area contributed by atoms with Crippen molar-refractivity contribution in [2.24, 2.45) is 0 Å². The van der Waals surface area contributed by atoms with Gasteiger partial charge in [0.1, 0.15) is 5.76 Å². The number of hydrogen-bond acceptors (Lipinski definition) is 4. The summed E-state index contributed by atoms with van der Waals surface area (Å²) in [6.45, 7) is 3.42. The van der Waals surface area contributed by atoms with Gasteiger partial charge in [-0.1, -0.05) is 30.3 Å². The van der Waals surface area contributed by atoms with Crippen LogP contribution in [0.4, 0.5) is 0 Å². The largest absolute Gasteiger partial charge is 0.441 e. The third-order valence-electron chi connectivity index (χ3n) is 4.62. The minimum Gasteiger partial charge on any atom is -0.441 e. The first-order valence-corrected chi connectivity index (χ1v) is 9.56. The van der Waals surface area contributed by atoms with Crippen LogP contribution in [0, 0.1) is 6.92 Å². The number of oxazole rings is 1. The number of aromatic nitrogens is 1. The first kappa shape index (κ1) is 19.8. The summed E-state index contributed by atoms with van der Waals surface area (Å²) >= 11 is 0. The average Bonchev–Trinajstić information content (AvgIpc) is 3.08. The summed E-state index contributed by atoms with van der Waals surface area (Å²) in [5.41, 5.74) is 3.74. The average molecular weight is 377 g/mol. The van der Waals surface area contributed by atoms with Crippen molar-refractivity contribution in [3.63, 3.8) is 0 Å². The fourth-order valence-corrected chi connectivity index (χ4v) is 2.94. The standard InChI is InChI=1S/C23H27N3O2/c1-17-21(25-23(28-17)20-7-5-4-6-8-20)13-15-24-22(27)19-11-9-18(10-12-19)14-16-26(2)3/h4-12H,13-16H2,1-3H3,(H,24,27). The zero-order valence-corrected chi connectivity index (χ0v) is 16.7. The second kappa shape index (κ2) is 9.33. The molecule has 0 bridgehead atoms. The maximum absolute atomic E-state index is 12.4. The van der Waals surface area contributed by atoms with Crippen molar-refractivity contribution in [3.8, 4) is 11.5 Å². The van der Waals surface area contributed by atoms with Crippen molar-refractivity contribution in [2.45, 2.75) is 19.8 Å². The molecule has 3 rings (SSSR count). The zero-order valence-electron chi connectivity index (χ0n) is 16.7. The molecular formula is C23H27N3O2. The fourth-order valence-electron chi connectivity index (χ4n) is 2.94. The molecule has 0 aliphatic rings. The van der Waals surface area contributed by atoms with E-state index in [-0.39, 0.29) is 5.91 Å². The number of aryl methyl sites for hydroxylation is 1. The Morgan fingerprint density at radius 1 is 1.04 bits per heavy atom. The smallest absolute Gasteiger partial charge is 0.251 e. The van der Waals surface area contributed by atoms with E-state index in [9.17, 15) is 4.79 Å². The molecule has 0 fully saturated rings. The van der Waals surface area contributed by atoms with Gasteiger partial charge >= 0.3 is 0 Å². The Balaban J connectivity index is 1.52. The molecule has 0 saturated carbocycles. The van der Waals surface area contributed by atoms with E-state index in [1.165, 1.54) is 5.56 Å². The molecule has 1 aromatic heterocycles. The first-order valence-electron chi connectivity index (χ1n) is 9.56. The molecule has 3 aromatic rings. The number of rotatable bonds is 8. The number of likely N-dealkylation sites (N-methyl/N-ethyl adjacent to an activating group) is 1. The molecule has 5 heteroatoms. The van der Waals surface area contributed by atoms with Gasteiger partial charge in [-0.25, -0.2) is 4.98 Å². The monoisotopic (exact) mass is 377 g/mol. The maximum Gasteiger partial charge on any atom is 0.251 e. The number of carbonyl (C=O) groups excluding carboxylic acids is 1. The van der Waals surface area contributed by atoms with Gasteiger partial charge in [0, 0.05) is 30.6 Å². The van der Waals surface area contributed by atoms with Crippen LogP contribution in [-0.2, 0) is 12.8 Å². The van der Waals surface area contributed by atoms with E-state index in [0.29, 0.717) is 24.4 Å². The van der Waals surface area contributed by atoms with Crippen LogP contribution in [-0.4, -0.2) is 43.0 Å². The Hall–Kier alpha value is -2.92. The third kappa shape index (κ3) is 5.30. The maximum atomic E-state index is 12.4. The lowest BCUT2D eigenvalue weighted by atomic mass is 10.1. The van der Waals surface area contributed by atoms with E-state index in [0.717, 1.165) is 30.0 Å². The van der Waals surface area contributed by atoms with Crippen molar-refractivity contribution in [1.29, 1.82) is 0 Å². The van der Waals surface area contributed by atoms with Crippen LogP contribution in [0.15, 0.2) is 59.0 Å². The zero-order chi connectivity index (χ0) is 19.9. The van der Waals surface area contributed by atoms with Crippen molar-refractivity contribution >= 4 is 5.91 Å². The van der Waals surface area contributed by atoms with E-state index < -0.39 is 0 Å². The number of nitrogens with zero attached hydrogens (tertiary/aromatic N) is 2. The SMILES string of the molecule is Cc1oc(-c2ccccc2)nc1CCNC(=O)c1ccc(CCN(C)C)cc1. The summed E-state index contributed by atoms with van der Waals surface area (Å²) in [7, 11) is 4.11. The highest BCUT2D eigenvalue weighted by atomic mass is 16.4. The lowest BCUT2D eigenvalue weighted by molar-refractivity contribution is 0.0954. The second-order valence-corrected chi connectivity index (χ2v) is 7.14. The molecule has 0 atom stereocenters. The summed E-state index contributed by atoms with van der Waals surface area (Å²) < 4.78 is 5.77. The molecule has 0 aliphatic heterocycles. The summed E-state index contributed by atoms with van der Waals surface area (Å²) in [6.07, 6.45) is 1.61. The summed E-state index contributed by atoms with van der Waals surface area (Å²) in [5, 5.41) is 2.96. The van der Waals surface area contributed by atoms with Gasteiger partial charge in [-0.3, -0.25) is 4.79 Å². The normalized spacial score (nSPS) is 11.0. The van der Waals surface area contributed by atoms with E-state index in [4.69, 9.17) is 4.42 Å². The number of hydrogen-bond donors (Lipinski definition) is 1. The first-order chi connectivity index (χ1) is 13.5. The molecule has 5 nitrogen and oxygen atoms in total. The molecule has 1 amide bonds. The third-order valence-corrected chi connectivity index (χ3v) is 4.62. The van der Waals surface area contributed by atoms with Gasteiger partial charge < -0.3 is 14.6 Å². The number of nitrogens with one attached hydrogen (secondary N) is 1. The molecule has 0 aliphatic carbocycles. The fraction of sp³-hybridized carbons (Fsp3) is 0.304. The Kier molecular flexibility index (Phi) is 6.61. The van der Waals surface area contributed by atoms with Gasteiger partial charge in [0.05, 0.1) is 5.69 Å². The number of amides is 1. The van der Waals surface area contributed by atoms with Crippen LogP contribution in [0.2, 0.25) is 0 Å². The second-order valence-electron chi connectivity index (χ2n) is 7.14. The van der Waals surface area contributed by atoms with E-state index in [2.05, 4.69) is 29.3 Å².